The molecule has 0 N–H and O–H groups in total. The molecule has 1 nitrogen and oxygen atoms in total. The van der Waals surface area contributed by atoms with Crippen LogP contribution in [0.1, 0.15) is 42.0 Å². The summed E-state index contributed by atoms with van der Waals surface area (Å²) in [6.45, 7) is 2.33. The lowest BCUT2D eigenvalue weighted by Gasteiger charge is -2.10. The highest BCUT2D eigenvalue weighted by molar-refractivity contribution is 7.11. The predicted molar refractivity (Wildman–Crippen MR) is 57.4 cm³/mol. The Kier molecular flexibility index (Phi) is 2.89. The number of alkyl halides is 1. The van der Waals surface area contributed by atoms with E-state index in [1.54, 1.807) is 11.3 Å². The van der Waals surface area contributed by atoms with Gasteiger partial charge in [-0.1, -0.05) is 19.8 Å². The van der Waals surface area contributed by atoms with E-state index in [1.165, 1.54) is 29.1 Å². The molecule has 72 valence electrons. The van der Waals surface area contributed by atoms with Gasteiger partial charge in [0.05, 0.1) is 10.9 Å². The maximum Gasteiger partial charge on any atom is 0.0961 e. The summed E-state index contributed by atoms with van der Waals surface area (Å²) in [6, 6.07) is 0. The van der Waals surface area contributed by atoms with Crippen LogP contribution < -0.4 is 0 Å². The van der Waals surface area contributed by atoms with Gasteiger partial charge >= 0.3 is 0 Å². The highest BCUT2D eigenvalue weighted by atomic mass is 35.5. The Morgan fingerprint density at radius 1 is 1.62 bits per heavy atom. The van der Waals surface area contributed by atoms with E-state index >= 15 is 0 Å². The normalized spacial score (nSPS) is 28.2. The number of thiazole rings is 1. The first-order chi connectivity index (χ1) is 6.31. The van der Waals surface area contributed by atoms with Gasteiger partial charge in [0.15, 0.2) is 0 Å². The Balaban J connectivity index is 2.15. The van der Waals surface area contributed by atoms with Crippen molar-refractivity contribution >= 4 is 22.9 Å². The third-order valence-corrected chi connectivity index (χ3v) is 4.46. The van der Waals surface area contributed by atoms with Crippen molar-refractivity contribution in [1.29, 1.82) is 0 Å². The molecule has 2 rings (SSSR count). The van der Waals surface area contributed by atoms with Gasteiger partial charge in [-0.2, -0.15) is 0 Å². The van der Waals surface area contributed by atoms with E-state index in [0.29, 0.717) is 11.8 Å². The Morgan fingerprint density at radius 2 is 2.46 bits per heavy atom. The molecule has 13 heavy (non-hydrogen) atoms. The van der Waals surface area contributed by atoms with Crippen LogP contribution in [0, 0.1) is 5.92 Å². The molecule has 0 spiro atoms. The van der Waals surface area contributed by atoms with Gasteiger partial charge in [-0.3, -0.25) is 0 Å². The average molecular weight is 216 g/mol. The van der Waals surface area contributed by atoms with E-state index in [-0.39, 0.29) is 0 Å². The van der Waals surface area contributed by atoms with E-state index in [0.717, 1.165) is 5.92 Å². The summed E-state index contributed by atoms with van der Waals surface area (Å²) in [5.41, 5.74) is 0. The van der Waals surface area contributed by atoms with Crippen molar-refractivity contribution in [1.82, 2.24) is 4.98 Å². The van der Waals surface area contributed by atoms with Crippen LogP contribution in [0.5, 0.6) is 0 Å². The van der Waals surface area contributed by atoms with Crippen LogP contribution in [0.15, 0.2) is 6.20 Å². The van der Waals surface area contributed by atoms with Gasteiger partial charge in [0.25, 0.3) is 0 Å². The molecular formula is C10H14ClNS. The van der Waals surface area contributed by atoms with Crippen LogP contribution in [0.3, 0.4) is 0 Å². The fourth-order valence-electron chi connectivity index (χ4n) is 2.07. The Morgan fingerprint density at radius 3 is 3.00 bits per heavy atom. The minimum absolute atomic E-state index is 0.610. The van der Waals surface area contributed by atoms with Crippen molar-refractivity contribution in [2.75, 3.05) is 0 Å². The van der Waals surface area contributed by atoms with Crippen molar-refractivity contribution in [3.05, 3.63) is 16.1 Å². The second-order valence-electron chi connectivity index (χ2n) is 3.81. The second-order valence-corrected chi connectivity index (χ2v) is 5.23. The minimum atomic E-state index is 0.610. The average Bonchev–Trinajstić information content (AvgIpc) is 2.71. The number of halogens is 1. The van der Waals surface area contributed by atoms with Gasteiger partial charge in [0, 0.05) is 17.0 Å². The fraction of sp³-hybridized carbons (Fsp3) is 0.700. The molecule has 0 radical (unpaired) electrons. The lowest BCUT2D eigenvalue weighted by atomic mass is 9.99. The molecule has 0 aromatic carbocycles. The Labute approximate surface area is 88.1 Å². The number of hydrogen-bond acceptors (Lipinski definition) is 2. The smallest absolute Gasteiger partial charge is 0.0961 e. The lowest BCUT2D eigenvalue weighted by Crippen LogP contribution is -2.00. The topological polar surface area (TPSA) is 12.9 Å². The minimum Gasteiger partial charge on any atom is -0.249 e. The summed E-state index contributed by atoms with van der Waals surface area (Å²) in [7, 11) is 0. The molecule has 1 aromatic rings. The summed E-state index contributed by atoms with van der Waals surface area (Å²) in [6.07, 6.45) is 5.97. The third kappa shape index (κ3) is 1.89. The van der Waals surface area contributed by atoms with Crippen molar-refractivity contribution < 1.29 is 0 Å². The van der Waals surface area contributed by atoms with Crippen molar-refractivity contribution in [3.63, 3.8) is 0 Å². The van der Waals surface area contributed by atoms with Gasteiger partial charge in [-0.15, -0.1) is 22.9 Å². The number of nitrogens with zero attached hydrogens (tertiary/aromatic N) is 1. The first kappa shape index (κ1) is 9.47. The quantitative estimate of drug-likeness (QED) is 0.685. The zero-order chi connectivity index (χ0) is 9.26. The van der Waals surface area contributed by atoms with E-state index in [4.69, 9.17) is 11.6 Å². The van der Waals surface area contributed by atoms with Crippen molar-refractivity contribution in [2.45, 2.75) is 38.0 Å². The van der Waals surface area contributed by atoms with Gasteiger partial charge in [-0.25, -0.2) is 4.98 Å². The lowest BCUT2D eigenvalue weighted by molar-refractivity contribution is 0.531. The molecule has 1 aromatic heterocycles. The van der Waals surface area contributed by atoms with E-state index in [1.807, 2.05) is 6.20 Å². The first-order valence-corrected chi connectivity index (χ1v) is 6.17. The van der Waals surface area contributed by atoms with E-state index in [9.17, 15) is 0 Å². The molecule has 1 saturated carbocycles. The van der Waals surface area contributed by atoms with Gasteiger partial charge in [0.2, 0.25) is 0 Å². The van der Waals surface area contributed by atoms with Crippen LogP contribution in [0.2, 0.25) is 0 Å². The van der Waals surface area contributed by atoms with Crippen LogP contribution in [-0.4, -0.2) is 4.98 Å². The highest BCUT2D eigenvalue weighted by Crippen LogP contribution is 2.40. The molecule has 1 heterocycles. The summed E-state index contributed by atoms with van der Waals surface area (Å²) < 4.78 is 0. The summed E-state index contributed by atoms with van der Waals surface area (Å²) >= 11 is 7.54. The molecular weight excluding hydrogens is 202 g/mol. The molecule has 0 amide bonds. The second kappa shape index (κ2) is 3.97. The maximum absolute atomic E-state index is 5.75. The summed E-state index contributed by atoms with van der Waals surface area (Å²) in [5, 5.41) is 1.31. The van der Waals surface area contributed by atoms with Crippen LogP contribution in [0.25, 0.3) is 0 Å². The maximum atomic E-state index is 5.75. The Hall–Kier alpha value is -0.0800. The van der Waals surface area contributed by atoms with Crippen LogP contribution in [-0.2, 0) is 5.88 Å². The first-order valence-electron chi connectivity index (χ1n) is 4.82. The molecule has 2 atom stereocenters. The predicted octanol–water partition coefficient (Wildman–Crippen LogP) is 3.79. The van der Waals surface area contributed by atoms with Gasteiger partial charge in [0.1, 0.15) is 0 Å². The molecule has 0 bridgehead atoms. The monoisotopic (exact) mass is 215 g/mol. The number of hydrogen-bond donors (Lipinski definition) is 0. The summed E-state index contributed by atoms with van der Waals surface area (Å²) in [4.78, 5) is 5.66. The zero-order valence-corrected chi connectivity index (χ0v) is 9.37. The fourth-order valence-corrected chi connectivity index (χ4v) is 3.34. The number of rotatable bonds is 2. The zero-order valence-electron chi connectivity index (χ0n) is 7.79. The third-order valence-electron chi connectivity index (χ3n) is 2.88. The molecule has 2 unspecified atom stereocenters. The highest BCUT2D eigenvalue weighted by Gasteiger charge is 2.27. The van der Waals surface area contributed by atoms with Gasteiger partial charge in [-0.05, 0) is 12.3 Å². The molecule has 1 aliphatic carbocycles. The van der Waals surface area contributed by atoms with E-state index < -0.39 is 0 Å². The van der Waals surface area contributed by atoms with Crippen LogP contribution in [0.4, 0.5) is 0 Å². The van der Waals surface area contributed by atoms with E-state index in [2.05, 4.69) is 11.9 Å². The summed E-state index contributed by atoms with van der Waals surface area (Å²) in [5.74, 6) is 2.13. The molecule has 3 heteroatoms. The number of aromatic nitrogens is 1. The van der Waals surface area contributed by atoms with Gasteiger partial charge < -0.3 is 0 Å². The SMILES string of the molecule is CC1CCCC1c1ncc(CCl)s1. The van der Waals surface area contributed by atoms with Crippen LogP contribution >= 0.6 is 22.9 Å². The standard InChI is InChI=1S/C10H14ClNS/c1-7-3-2-4-9(7)10-12-6-8(5-11)13-10/h6-7,9H,2-5H2,1H3. The molecule has 1 fully saturated rings. The molecule has 0 saturated heterocycles. The molecule has 1 aliphatic rings. The van der Waals surface area contributed by atoms with Crippen molar-refractivity contribution in [3.8, 4) is 0 Å². The largest absolute Gasteiger partial charge is 0.249 e. The van der Waals surface area contributed by atoms with Crippen molar-refractivity contribution in [2.24, 2.45) is 5.92 Å². The Bertz CT molecular complexity index is 284. The molecule has 0 aliphatic heterocycles.